The number of β-amino-alcohol motifs (C(OH)–C–C–N with tert-alkyl or cyclic N) is 1. The van der Waals surface area contributed by atoms with Gasteiger partial charge in [-0.2, -0.15) is 0 Å². The van der Waals surface area contributed by atoms with Crippen LogP contribution in [0.4, 0.5) is 0 Å². The molecule has 0 saturated carbocycles. The van der Waals surface area contributed by atoms with Crippen LogP contribution in [0.25, 0.3) is 11.5 Å². The molecule has 2 saturated heterocycles. The average Bonchev–Trinajstić information content (AvgIpc) is 3.12. The summed E-state index contributed by atoms with van der Waals surface area (Å²) in [7, 11) is 0. The standard InChI is InChI=1S/C19H25N3O3/c23-18-13-21(7-6-17(18)22-8-10-24-11-9-22)12-16-14-25-19(20-16)15-4-2-1-3-5-15/h1-5,14,17-18,23H,6-13H2/t17-,18-/m1/s1. The third kappa shape index (κ3) is 3.93. The molecule has 1 aromatic heterocycles. The maximum absolute atomic E-state index is 10.6. The van der Waals surface area contributed by atoms with E-state index in [0.29, 0.717) is 19.0 Å². The minimum atomic E-state index is -0.327. The molecule has 0 bridgehead atoms. The molecule has 134 valence electrons. The van der Waals surface area contributed by atoms with Crippen molar-refractivity contribution in [2.75, 3.05) is 39.4 Å². The highest BCUT2D eigenvalue weighted by Crippen LogP contribution is 2.22. The molecular weight excluding hydrogens is 318 g/mol. The molecule has 4 rings (SSSR count). The number of piperidine rings is 1. The molecule has 2 aliphatic heterocycles. The predicted octanol–water partition coefficient (Wildman–Crippen LogP) is 1.61. The number of aliphatic hydroxyl groups excluding tert-OH is 1. The summed E-state index contributed by atoms with van der Waals surface area (Å²) in [6, 6.07) is 10.2. The Morgan fingerprint density at radius 2 is 1.92 bits per heavy atom. The number of benzene rings is 1. The van der Waals surface area contributed by atoms with Crippen LogP contribution in [-0.2, 0) is 11.3 Å². The highest BCUT2D eigenvalue weighted by molar-refractivity contribution is 5.52. The number of morpholine rings is 1. The number of rotatable bonds is 4. The Labute approximate surface area is 148 Å². The Kier molecular flexibility index (Phi) is 5.12. The lowest BCUT2D eigenvalue weighted by molar-refractivity contribution is -0.0535. The normalized spacial score (nSPS) is 26.0. The molecular formula is C19H25N3O3. The SMILES string of the molecule is O[C@@H]1CN(Cc2coc(-c3ccccc3)n2)CC[C@H]1N1CCOCC1. The number of nitrogens with zero attached hydrogens (tertiary/aromatic N) is 3. The van der Waals surface area contributed by atoms with Crippen molar-refractivity contribution >= 4 is 0 Å². The minimum Gasteiger partial charge on any atom is -0.444 e. The van der Waals surface area contributed by atoms with Gasteiger partial charge in [-0.05, 0) is 18.6 Å². The number of hydrogen-bond acceptors (Lipinski definition) is 6. The van der Waals surface area contributed by atoms with Crippen molar-refractivity contribution in [3.63, 3.8) is 0 Å². The number of oxazole rings is 1. The van der Waals surface area contributed by atoms with Crippen molar-refractivity contribution in [3.05, 3.63) is 42.3 Å². The molecule has 0 spiro atoms. The van der Waals surface area contributed by atoms with E-state index in [4.69, 9.17) is 9.15 Å². The second-order valence-electron chi connectivity index (χ2n) is 6.82. The van der Waals surface area contributed by atoms with Gasteiger partial charge in [0.25, 0.3) is 0 Å². The van der Waals surface area contributed by atoms with E-state index in [1.165, 1.54) is 0 Å². The van der Waals surface area contributed by atoms with E-state index in [1.807, 2.05) is 30.3 Å². The molecule has 6 heteroatoms. The van der Waals surface area contributed by atoms with Crippen LogP contribution in [0.15, 0.2) is 41.0 Å². The van der Waals surface area contributed by atoms with E-state index < -0.39 is 0 Å². The van der Waals surface area contributed by atoms with Crippen molar-refractivity contribution in [2.45, 2.75) is 25.1 Å². The molecule has 1 aromatic carbocycles. The Bertz CT molecular complexity index is 670. The zero-order valence-electron chi connectivity index (χ0n) is 14.4. The summed E-state index contributed by atoms with van der Waals surface area (Å²) in [4.78, 5) is 9.22. The molecule has 0 radical (unpaired) electrons. The van der Waals surface area contributed by atoms with Gasteiger partial charge in [-0.25, -0.2) is 4.98 Å². The van der Waals surface area contributed by atoms with E-state index in [9.17, 15) is 5.11 Å². The van der Waals surface area contributed by atoms with Crippen molar-refractivity contribution in [1.29, 1.82) is 0 Å². The summed E-state index contributed by atoms with van der Waals surface area (Å²) < 4.78 is 11.0. The largest absolute Gasteiger partial charge is 0.444 e. The van der Waals surface area contributed by atoms with Crippen molar-refractivity contribution < 1.29 is 14.3 Å². The van der Waals surface area contributed by atoms with Gasteiger partial charge in [-0.15, -0.1) is 0 Å². The Hall–Kier alpha value is -1.73. The molecule has 6 nitrogen and oxygen atoms in total. The van der Waals surface area contributed by atoms with Crippen molar-refractivity contribution in [1.82, 2.24) is 14.8 Å². The van der Waals surface area contributed by atoms with Crippen LogP contribution in [0.5, 0.6) is 0 Å². The third-order valence-electron chi connectivity index (χ3n) is 5.10. The highest BCUT2D eigenvalue weighted by Gasteiger charge is 2.33. The number of likely N-dealkylation sites (tertiary alicyclic amines) is 1. The van der Waals surface area contributed by atoms with Gasteiger partial charge in [0.1, 0.15) is 6.26 Å². The van der Waals surface area contributed by atoms with E-state index in [1.54, 1.807) is 6.26 Å². The second-order valence-corrected chi connectivity index (χ2v) is 6.82. The van der Waals surface area contributed by atoms with Gasteiger partial charge in [-0.3, -0.25) is 9.80 Å². The lowest BCUT2D eigenvalue weighted by Gasteiger charge is -2.42. The van der Waals surface area contributed by atoms with Gasteiger partial charge >= 0.3 is 0 Å². The zero-order chi connectivity index (χ0) is 17.1. The summed E-state index contributed by atoms with van der Waals surface area (Å²) >= 11 is 0. The van der Waals surface area contributed by atoms with Crippen LogP contribution in [0, 0.1) is 0 Å². The average molecular weight is 343 g/mol. The first-order valence-electron chi connectivity index (χ1n) is 9.01. The molecule has 2 fully saturated rings. The Morgan fingerprint density at radius 1 is 1.12 bits per heavy atom. The molecule has 0 aliphatic carbocycles. The quantitative estimate of drug-likeness (QED) is 0.910. The fourth-order valence-corrected chi connectivity index (χ4v) is 3.79. The maximum atomic E-state index is 10.6. The zero-order valence-corrected chi connectivity index (χ0v) is 14.4. The first-order chi connectivity index (χ1) is 12.3. The molecule has 0 amide bonds. The third-order valence-corrected chi connectivity index (χ3v) is 5.10. The second kappa shape index (κ2) is 7.66. The molecule has 3 heterocycles. The minimum absolute atomic E-state index is 0.248. The monoisotopic (exact) mass is 343 g/mol. The van der Waals surface area contributed by atoms with Crippen LogP contribution in [0.1, 0.15) is 12.1 Å². The number of hydrogen-bond donors (Lipinski definition) is 1. The van der Waals surface area contributed by atoms with Gasteiger partial charge in [-0.1, -0.05) is 18.2 Å². The van der Waals surface area contributed by atoms with E-state index in [-0.39, 0.29) is 12.1 Å². The van der Waals surface area contributed by atoms with Crippen LogP contribution >= 0.6 is 0 Å². The number of aromatic nitrogens is 1. The predicted molar refractivity (Wildman–Crippen MR) is 94.0 cm³/mol. The number of aliphatic hydroxyl groups is 1. The van der Waals surface area contributed by atoms with Crippen LogP contribution in [-0.4, -0.2) is 71.4 Å². The lowest BCUT2D eigenvalue weighted by atomic mass is 9.99. The van der Waals surface area contributed by atoms with E-state index >= 15 is 0 Å². The molecule has 0 unspecified atom stereocenters. The smallest absolute Gasteiger partial charge is 0.226 e. The van der Waals surface area contributed by atoms with Gasteiger partial charge in [0.05, 0.1) is 25.0 Å². The van der Waals surface area contributed by atoms with Crippen molar-refractivity contribution in [2.24, 2.45) is 0 Å². The van der Waals surface area contributed by atoms with Crippen LogP contribution in [0.3, 0.4) is 0 Å². The number of ether oxygens (including phenoxy) is 1. The van der Waals surface area contributed by atoms with Gasteiger partial charge < -0.3 is 14.3 Å². The Morgan fingerprint density at radius 3 is 2.68 bits per heavy atom. The highest BCUT2D eigenvalue weighted by atomic mass is 16.5. The summed E-state index contributed by atoms with van der Waals surface area (Å²) in [6.07, 6.45) is 2.38. The topological polar surface area (TPSA) is 62.0 Å². The van der Waals surface area contributed by atoms with E-state index in [2.05, 4.69) is 14.8 Å². The van der Waals surface area contributed by atoms with E-state index in [0.717, 1.165) is 50.5 Å². The summed E-state index contributed by atoms with van der Waals surface area (Å²) in [6.45, 7) is 5.74. The lowest BCUT2D eigenvalue weighted by Crippen LogP contribution is -2.56. The summed E-state index contributed by atoms with van der Waals surface area (Å²) in [5.74, 6) is 0.652. The van der Waals surface area contributed by atoms with Gasteiger partial charge in [0, 0.05) is 44.3 Å². The molecule has 2 aliphatic rings. The van der Waals surface area contributed by atoms with Gasteiger partial charge in [0.15, 0.2) is 0 Å². The first kappa shape index (κ1) is 16.7. The van der Waals surface area contributed by atoms with Gasteiger partial charge in [0.2, 0.25) is 5.89 Å². The Balaban J connectivity index is 1.34. The summed E-state index contributed by atoms with van der Waals surface area (Å²) in [5, 5.41) is 10.6. The molecule has 25 heavy (non-hydrogen) atoms. The molecule has 2 atom stereocenters. The summed E-state index contributed by atoms with van der Waals surface area (Å²) in [5.41, 5.74) is 1.90. The fourth-order valence-electron chi connectivity index (χ4n) is 3.79. The first-order valence-corrected chi connectivity index (χ1v) is 9.01. The van der Waals surface area contributed by atoms with Crippen molar-refractivity contribution in [3.8, 4) is 11.5 Å². The molecule has 2 aromatic rings. The fraction of sp³-hybridized carbons (Fsp3) is 0.526. The maximum Gasteiger partial charge on any atom is 0.226 e. The molecule has 1 N–H and O–H groups in total. The van der Waals surface area contributed by atoms with Crippen LogP contribution in [0.2, 0.25) is 0 Å². The van der Waals surface area contributed by atoms with Crippen LogP contribution < -0.4 is 0 Å².